The molecule has 2 aromatic rings. The second-order valence-corrected chi connectivity index (χ2v) is 9.42. The van der Waals surface area contributed by atoms with Gasteiger partial charge < -0.3 is 9.64 Å². The van der Waals surface area contributed by atoms with Crippen molar-refractivity contribution in [3.63, 3.8) is 0 Å². The van der Waals surface area contributed by atoms with Gasteiger partial charge >= 0.3 is 5.97 Å². The Morgan fingerprint density at radius 1 is 1.13 bits per heavy atom. The molecular formula is C23H31N3O3S. The van der Waals surface area contributed by atoms with E-state index in [1.165, 1.54) is 9.71 Å². The molecule has 1 amide bonds. The Balaban J connectivity index is 1.28. The molecule has 3 heterocycles. The third-order valence-electron chi connectivity index (χ3n) is 6.52. The molecule has 1 aromatic heterocycles. The molecule has 30 heavy (non-hydrogen) atoms. The van der Waals surface area contributed by atoms with E-state index in [-0.39, 0.29) is 23.8 Å². The summed E-state index contributed by atoms with van der Waals surface area (Å²) in [6.07, 6.45) is 3.50. The maximum atomic E-state index is 13.0. The van der Waals surface area contributed by atoms with E-state index in [1.54, 1.807) is 11.3 Å². The molecule has 162 valence electrons. The quantitative estimate of drug-likeness (QED) is 0.679. The van der Waals surface area contributed by atoms with Gasteiger partial charge in [-0.2, -0.15) is 0 Å². The Morgan fingerprint density at radius 2 is 1.83 bits per heavy atom. The molecule has 0 saturated carbocycles. The number of aromatic nitrogens is 1. The lowest BCUT2D eigenvalue weighted by Crippen LogP contribution is -2.51. The Morgan fingerprint density at radius 3 is 2.50 bits per heavy atom. The van der Waals surface area contributed by atoms with Crippen molar-refractivity contribution in [3.8, 4) is 0 Å². The molecule has 6 nitrogen and oxygen atoms in total. The van der Waals surface area contributed by atoms with Crippen molar-refractivity contribution in [2.75, 3.05) is 32.8 Å². The summed E-state index contributed by atoms with van der Waals surface area (Å²) in [5, 5.41) is 1.23. The lowest BCUT2D eigenvalue weighted by Gasteiger charge is -2.38. The number of carbonyl (C=O) groups excluding carboxylic acids is 2. The first kappa shape index (κ1) is 21.2. The molecule has 7 heteroatoms. The van der Waals surface area contributed by atoms with Crippen LogP contribution in [-0.4, -0.2) is 65.5 Å². The number of amides is 1. The highest BCUT2D eigenvalue weighted by Gasteiger charge is 2.34. The summed E-state index contributed by atoms with van der Waals surface area (Å²) in [5.74, 6) is 0.500. The minimum absolute atomic E-state index is 0.0612. The second kappa shape index (κ2) is 9.43. The van der Waals surface area contributed by atoms with Crippen LogP contribution in [0.1, 0.15) is 50.5 Å². The van der Waals surface area contributed by atoms with Crippen molar-refractivity contribution in [1.82, 2.24) is 14.8 Å². The maximum Gasteiger partial charge on any atom is 0.309 e. The van der Waals surface area contributed by atoms with Gasteiger partial charge in [-0.1, -0.05) is 12.1 Å². The van der Waals surface area contributed by atoms with Crippen LogP contribution in [0.25, 0.3) is 10.2 Å². The number of fused-ring (bicyclic) bond motifs is 1. The number of rotatable bonds is 5. The molecule has 2 aliphatic rings. The van der Waals surface area contributed by atoms with E-state index < -0.39 is 0 Å². The number of hydrogen-bond donors (Lipinski definition) is 0. The van der Waals surface area contributed by atoms with Gasteiger partial charge in [0.1, 0.15) is 0 Å². The topological polar surface area (TPSA) is 62.7 Å². The summed E-state index contributed by atoms with van der Waals surface area (Å²) in [4.78, 5) is 34.0. The molecule has 0 N–H and O–H groups in total. The lowest BCUT2D eigenvalue weighted by molar-refractivity contribution is -0.152. The molecule has 0 spiro atoms. The van der Waals surface area contributed by atoms with Crippen LogP contribution in [0, 0.1) is 5.92 Å². The minimum atomic E-state index is -0.116. The molecule has 0 bridgehead atoms. The van der Waals surface area contributed by atoms with Crippen molar-refractivity contribution in [3.05, 3.63) is 29.3 Å². The zero-order valence-corrected chi connectivity index (χ0v) is 18.7. The Bertz CT molecular complexity index is 850. The minimum Gasteiger partial charge on any atom is -0.466 e. The van der Waals surface area contributed by atoms with E-state index in [0.29, 0.717) is 38.5 Å². The van der Waals surface area contributed by atoms with Crippen LogP contribution in [0.5, 0.6) is 0 Å². The fourth-order valence-electron chi connectivity index (χ4n) is 4.61. The molecular weight excluding hydrogens is 398 g/mol. The summed E-state index contributed by atoms with van der Waals surface area (Å²) in [5.41, 5.74) is 1.09. The Hall–Kier alpha value is -1.99. The number of esters is 1. The smallest absolute Gasteiger partial charge is 0.309 e. The van der Waals surface area contributed by atoms with Crippen LogP contribution in [0.3, 0.4) is 0 Å². The number of thiazole rings is 1. The maximum absolute atomic E-state index is 13.0. The van der Waals surface area contributed by atoms with Crippen LogP contribution in [0.2, 0.25) is 0 Å². The fourth-order valence-corrected chi connectivity index (χ4v) is 5.75. The highest BCUT2D eigenvalue weighted by molar-refractivity contribution is 7.18. The van der Waals surface area contributed by atoms with Gasteiger partial charge in [0.05, 0.1) is 33.8 Å². The normalized spacial score (nSPS) is 20.4. The van der Waals surface area contributed by atoms with Gasteiger partial charge in [-0.15, -0.1) is 11.3 Å². The molecule has 0 aliphatic carbocycles. The predicted molar refractivity (Wildman–Crippen MR) is 119 cm³/mol. The van der Waals surface area contributed by atoms with Gasteiger partial charge in [-0.25, -0.2) is 4.98 Å². The zero-order valence-electron chi connectivity index (χ0n) is 17.9. The largest absolute Gasteiger partial charge is 0.466 e. The van der Waals surface area contributed by atoms with Gasteiger partial charge in [0.25, 0.3) is 0 Å². The summed E-state index contributed by atoms with van der Waals surface area (Å²) in [7, 11) is 0. The van der Waals surface area contributed by atoms with Crippen LogP contribution < -0.4 is 0 Å². The number of ether oxygens (including phenoxy) is 1. The van der Waals surface area contributed by atoms with Gasteiger partial charge in [-0.05, 0) is 64.8 Å². The van der Waals surface area contributed by atoms with Gasteiger partial charge in [0, 0.05) is 19.0 Å². The Kier molecular flexibility index (Phi) is 6.68. The first-order valence-corrected chi connectivity index (χ1v) is 11.9. The fraction of sp³-hybridized carbons (Fsp3) is 0.609. The molecule has 0 radical (unpaired) electrons. The van der Waals surface area contributed by atoms with E-state index in [0.717, 1.165) is 31.4 Å². The summed E-state index contributed by atoms with van der Waals surface area (Å²) in [6.45, 7) is 7.42. The second-order valence-electron chi connectivity index (χ2n) is 8.36. The van der Waals surface area contributed by atoms with Crippen LogP contribution in [-0.2, 0) is 14.3 Å². The third-order valence-corrected chi connectivity index (χ3v) is 7.72. The SMILES string of the molecule is CCOC(=O)C1CCN(C(=O)[C@@H](C)N2CCC(c3nc4ccccc4s3)CC2)CC1. The highest BCUT2D eigenvalue weighted by atomic mass is 32.1. The first-order valence-electron chi connectivity index (χ1n) is 11.1. The number of para-hydroxylation sites is 1. The van der Waals surface area contributed by atoms with Crippen molar-refractivity contribution in [1.29, 1.82) is 0 Å². The summed E-state index contributed by atoms with van der Waals surface area (Å²) in [6, 6.07) is 8.21. The molecule has 2 aliphatic heterocycles. The van der Waals surface area contributed by atoms with Crippen LogP contribution >= 0.6 is 11.3 Å². The van der Waals surface area contributed by atoms with Crippen molar-refractivity contribution >= 4 is 33.4 Å². The number of nitrogens with zero attached hydrogens (tertiary/aromatic N) is 3. The average molecular weight is 430 g/mol. The zero-order chi connectivity index (χ0) is 21.1. The van der Waals surface area contributed by atoms with E-state index >= 15 is 0 Å². The predicted octanol–water partition coefficient (Wildman–Crippen LogP) is 3.67. The van der Waals surface area contributed by atoms with Crippen LogP contribution in [0.4, 0.5) is 0 Å². The molecule has 2 fully saturated rings. The van der Waals surface area contributed by atoms with E-state index in [2.05, 4.69) is 23.1 Å². The number of likely N-dealkylation sites (tertiary alicyclic amines) is 2. The summed E-state index contributed by atoms with van der Waals surface area (Å²) < 4.78 is 6.38. The Labute approximate surface area is 182 Å². The van der Waals surface area contributed by atoms with Crippen molar-refractivity contribution in [2.24, 2.45) is 5.92 Å². The molecule has 1 aromatic carbocycles. The van der Waals surface area contributed by atoms with E-state index in [1.807, 2.05) is 24.8 Å². The summed E-state index contributed by atoms with van der Waals surface area (Å²) >= 11 is 1.81. The molecule has 0 unspecified atom stereocenters. The van der Waals surface area contributed by atoms with Crippen molar-refractivity contribution in [2.45, 2.75) is 51.5 Å². The van der Waals surface area contributed by atoms with Gasteiger partial charge in [0.15, 0.2) is 0 Å². The average Bonchev–Trinajstić information content (AvgIpc) is 3.23. The number of benzene rings is 1. The number of carbonyl (C=O) groups is 2. The van der Waals surface area contributed by atoms with E-state index in [9.17, 15) is 9.59 Å². The highest BCUT2D eigenvalue weighted by Crippen LogP contribution is 2.34. The molecule has 1 atom stereocenters. The third kappa shape index (κ3) is 4.52. The van der Waals surface area contributed by atoms with Crippen molar-refractivity contribution < 1.29 is 14.3 Å². The van der Waals surface area contributed by atoms with Crippen LogP contribution in [0.15, 0.2) is 24.3 Å². The standard InChI is InChI=1S/C23H31N3O3S/c1-3-29-23(28)18-10-14-26(15-11-18)22(27)16(2)25-12-8-17(9-13-25)21-24-19-6-4-5-7-20(19)30-21/h4-7,16-18H,3,8-15H2,1-2H3/t16-/m1/s1. The monoisotopic (exact) mass is 429 g/mol. The number of hydrogen-bond acceptors (Lipinski definition) is 6. The lowest BCUT2D eigenvalue weighted by atomic mass is 9.95. The van der Waals surface area contributed by atoms with Gasteiger partial charge in [-0.3, -0.25) is 14.5 Å². The number of piperidine rings is 2. The van der Waals surface area contributed by atoms with E-state index in [4.69, 9.17) is 9.72 Å². The first-order chi connectivity index (χ1) is 14.6. The molecule has 2 saturated heterocycles. The van der Waals surface area contributed by atoms with Gasteiger partial charge in [0.2, 0.25) is 5.91 Å². The molecule has 4 rings (SSSR count).